The van der Waals surface area contributed by atoms with Crippen LogP contribution in [0.25, 0.3) is 0 Å². The van der Waals surface area contributed by atoms with Crippen molar-refractivity contribution in [2.24, 2.45) is 21.7 Å². The molecule has 5 heteroatoms. The van der Waals surface area contributed by atoms with E-state index in [-0.39, 0.29) is 33.2 Å². The van der Waals surface area contributed by atoms with Gasteiger partial charge in [-0.05, 0) is 168 Å². The highest BCUT2D eigenvalue weighted by atomic mass is 16.3. The van der Waals surface area contributed by atoms with E-state index in [0.717, 1.165) is 22.4 Å². The lowest BCUT2D eigenvalue weighted by Gasteiger charge is -2.11. The van der Waals surface area contributed by atoms with Gasteiger partial charge in [-0.1, -0.05) is 47.5 Å². The first kappa shape index (κ1) is 48.0. The fraction of sp³-hybridized carbons (Fsp3) is 0.373. The van der Waals surface area contributed by atoms with Gasteiger partial charge in [0, 0.05) is 64.8 Å². The number of aryl methyl sites for hydroxylation is 1. The number of aromatic hydroxyl groups is 2. The lowest BCUT2D eigenvalue weighted by atomic mass is 9.96. The Hall–Kier alpha value is -6.06. The summed E-state index contributed by atoms with van der Waals surface area (Å²) in [6, 6.07) is 26.3. The molecule has 4 rings (SSSR count). The van der Waals surface area contributed by atoms with Crippen LogP contribution in [0.3, 0.4) is 0 Å². The number of pyridine rings is 1. The molecule has 0 atom stereocenters. The van der Waals surface area contributed by atoms with Crippen LogP contribution in [0.1, 0.15) is 117 Å². The van der Waals surface area contributed by atoms with Crippen LogP contribution in [0.15, 0.2) is 85.1 Å². The summed E-state index contributed by atoms with van der Waals surface area (Å²) < 4.78 is 0. The van der Waals surface area contributed by atoms with Crippen LogP contribution in [0.4, 0.5) is 5.69 Å². The number of benzene rings is 3. The number of hydrogen-bond acceptors (Lipinski definition) is 5. The molecule has 292 valence electrons. The summed E-state index contributed by atoms with van der Waals surface area (Å²) in [5.41, 5.74) is 6.17. The first-order chi connectivity index (χ1) is 25.8. The normalized spacial score (nSPS) is 10.3. The molecule has 0 radical (unpaired) electrons. The van der Waals surface area contributed by atoms with E-state index >= 15 is 0 Å². The van der Waals surface area contributed by atoms with Gasteiger partial charge in [0.05, 0.1) is 17.2 Å². The summed E-state index contributed by atoms with van der Waals surface area (Å²) in [4.78, 5) is 6.19. The van der Waals surface area contributed by atoms with Crippen molar-refractivity contribution in [1.29, 1.82) is 5.26 Å². The minimum absolute atomic E-state index is 0.0217. The molecule has 0 spiro atoms. The van der Waals surface area contributed by atoms with E-state index in [1.165, 1.54) is 11.8 Å². The minimum Gasteiger partial charge on any atom is -0.508 e. The number of nitrogens with zero attached hydrogens (tertiary/aromatic N) is 3. The van der Waals surface area contributed by atoms with Crippen molar-refractivity contribution in [3.8, 4) is 64.9 Å². The number of nitriles is 1. The van der Waals surface area contributed by atoms with E-state index in [1.54, 1.807) is 24.4 Å². The van der Waals surface area contributed by atoms with E-state index in [0.29, 0.717) is 11.1 Å². The van der Waals surface area contributed by atoms with Gasteiger partial charge in [-0.25, -0.2) is 4.98 Å². The van der Waals surface area contributed by atoms with Gasteiger partial charge in [-0.2, -0.15) is 5.26 Å². The topological polar surface area (TPSA) is 80.4 Å². The smallest absolute Gasteiger partial charge is 0.135 e. The van der Waals surface area contributed by atoms with E-state index in [1.807, 2.05) is 72.1 Å². The van der Waals surface area contributed by atoms with Crippen LogP contribution in [0.5, 0.6) is 11.5 Å². The maximum atomic E-state index is 9.61. The van der Waals surface area contributed by atoms with Crippen LogP contribution in [-0.4, -0.2) is 29.3 Å². The van der Waals surface area contributed by atoms with Crippen LogP contribution >= 0.6 is 0 Å². The second-order valence-corrected chi connectivity index (χ2v) is 17.5. The predicted octanol–water partition coefficient (Wildman–Crippen LogP) is 11.4. The van der Waals surface area contributed by atoms with Gasteiger partial charge in [0.15, 0.2) is 0 Å². The zero-order valence-corrected chi connectivity index (χ0v) is 36.3. The van der Waals surface area contributed by atoms with Crippen LogP contribution in [0, 0.1) is 87.3 Å². The summed E-state index contributed by atoms with van der Waals surface area (Å²) in [6.45, 7) is 26.7. The van der Waals surface area contributed by atoms with Gasteiger partial charge >= 0.3 is 0 Å². The average Bonchev–Trinajstić information content (AvgIpc) is 3.09. The average molecular weight is 748 g/mol. The van der Waals surface area contributed by atoms with Gasteiger partial charge in [0.2, 0.25) is 0 Å². The molecule has 1 aromatic heterocycles. The van der Waals surface area contributed by atoms with Crippen LogP contribution < -0.4 is 4.90 Å². The maximum Gasteiger partial charge on any atom is 0.135 e. The number of anilines is 1. The first-order valence-corrected chi connectivity index (χ1v) is 18.6. The van der Waals surface area contributed by atoms with E-state index in [4.69, 9.17) is 5.26 Å². The highest BCUT2D eigenvalue weighted by Crippen LogP contribution is 2.26. The number of aromatic nitrogens is 1. The summed E-state index contributed by atoms with van der Waals surface area (Å²) in [7, 11) is 4.08. The molecule has 2 N–H and O–H groups in total. The molecule has 4 aromatic rings. The van der Waals surface area contributed by atoms with Gasteiger partial charge < -0.3 is 15.1 Å². The zero-order valence-electron chi connectivity index (χ0n) is 36.3. The van der Waals surface area contributed by atoms with Crippen molar-refractivity contribution >= 4 is 5.69 Å². The Balaban J connectivity index is 0.000000375. The largest absolute Gasteiger partial charge is 0.508 e. The highest BCUT2D eigenvalue weighted by Gasteiger charge is 2.08. The molecule has 3 aromatic carbocycles. The van der Waals surface area contributed by atoms with Crippen molar-refractivity contribution in [2.75, 3.05) is 19.0 Å². The van der Waals surface area contributed by atoms with Crippen molar-refractivity contribution in [3.05, 3.63) is 119 Å². The molecular weight excluding hydrogens is 687 g/mol. The predicted molar refractivity (Wildman–Crippen MR) is 236 cm³/mol. The molecule has 0 amide bonds. The summed E-state index contributed by atoms with van der Waals surface area (Å²) >= 11 is 0. The molecule has 0 bridgehead atoms. The standard InChI is InChI=1S/C14H19N.C13H13N.C13H16O2.C11H13N/c1-14(2,3)11-10-12-6-8-13(9-7-12)15(4)5;1-13(2,3)9-8-11-4-6-12(10-14)7-5-11;1-9-7-10(14)8-12(15)11(9)5-6-13(2,3)4;1-11(2,3)8-7-10-6-4-5-9-12-10/h6-9H,1-5H3;4-7H,1-3H3;7-8,14-15H,1-4H3;4-6,9H,1-3H3. The SMILES string of the molecule is CC(C)(C)C#Cc1ccc(C#N)cc1.CC(C)(C)C#Cc1ccccn1.CN(C)c1ccc(C#CC(C)(C)C)cc1.Cc1cc(O)cc(O)c1C#CC(C)(C)C. The third-order valence-corrected chi connectivity index (χ3v) is 6.65. The quantitative estimate of drug-likeness (QED) is 0.190. The molecular formula is C51H61N3O2. The Morgan fingerprint density at radius 2 is 0.982 bits per heavy atom. The van der Waals surface area contributed by atoms with Crippen molar-refractivity contribution in [3.63, 3.8) is 0 Å². The molecule has 0 aliphatic carbocycles. The minimum atomic E-state index is -0.100. The third-order valence-electron chi connectivity index (χ3n) is 6.65. The number of rotatable bonds is 1. The molecule has 0 unspecified atom stereocenters. The molecule has 5 nitrogen and oxygen atoms in total. The molecule has 1 heterocycles. The van der Waals surface area contributed by atoms with Crippen LogP contribution in [-0.2, 0) is 0 Å². The Kier molecular flexibility index (Phi) is 18.6. The molecule has 0 saturated carbocycles. The van der Waals surface area contributed by atoms with Gasteiger partial charge in [-0.3, -0.25) is 0 Å². The van der Waals surface area contributed by atoms with E-state index < -0.39 is 0 Å². The van der Waals surface area contributed by atoms with Gasteiger partial charge in [0.25, 0.3) is 0 Å². The fourth-order valence-corrected chi connectivity index (χ4v) is 3.84. The lowest BCUT2D eigenvalue weighted by Crippen LogP contribution is -2.08. The molecule has 0 fully saturated rings. The number of hydrogen-bond donors (Lipinski definition) is 2. The molecule has 0 aliphatic heterocycles. The van der Waals surface area contributed by atoms with Crippen molar-refractivity contribution in [2.45, 2.75) is 90.0 Å². The molecule has 56 heavy (non-hydrogen) atoms. The van der Waals surface area contributed by atoms with Crippen molar-refractivity contribution < 1.29 is 10.2 Å². The Labute approximate surface area is 339 Å². The number of phenolic OH excluding ortho intramolecular Hbond substituents is 2. The second kappa shape index (κ2) is 21.7. The fourth-order valence-electron chi connectivity index (χ4n) is 3.84. The Morgan fingerprint density at radius 3 is 1.38 bits per heavy atom. The van der Waals surface area contributed by atoms with Gasteiger partial charge in [0.1, 0.15) is 17.2 Å². The maximum absolute atomic E-state index is 9.61. The van der Waals surface area contributed by atoms with E-state index in [2.05, 4.69) is 150 Å². The summed E-state index contributed by atoms with van der Waals surface area (Å²) in [5, 5.41) is 27.4. The number of phenols is 2. The second-order valence-electron chi connectivity index (χ2n) is 17.5. The first-order valence-electron chi connectivity index (χ1n) is 18.6. The summed E-state index contributed by atoms with van der Waals surface area (Å²) in [6.07, 6.45) is 1.76. The Bertz CT molecular complexity index is 2110. The van der Waals surface area contributed by atoms with Gasteiger partial charge in [-0.15, -0.1) is 0 Å². The Morgan fingerprint density at radius 1 is 0.554 bits per heavy atom. The molecule has 0 saturated heterocycles. The highest BCUT2D eigenvalue weighted by molar-refractivity contribution is 5.54. The lowest BCUT2D eigenvalue weighted by molar-refractivity contribution is 0.448. The van der Waals surface area contributed by atoms with Crippen molar-refractivity contribution in [1.82, 2.24) is 4.98 Å². The van der Waals surface area contributed by atoms with E-state index in [9.17, 15) is 10.2 Å². The zero-order chi connectivity index (χ0) is 42.7. The molecule has 0 aliphatic rings. The van der Waals surface area contributed by atoms with Crippen LogP contribution in [0.2, 0.25) is 0 Å². The monoisotopic (exact) mass is 747 g/mol. The third kappa shape index (κ3) is 22.9. The summed E-state index contributed by atoms with van der Waals surface area (Å²) in [5.74, 6) is 24.9.